The van der Waals surface area contributed by atoms with Crippen LogP contribution in [0.25, 0.3) is 0 Å². The first-order valence-corrected chi connectivity index (χ1v) is 5.79. The van der Waals surface area contributed by atoms with Crippen molar-refractivity contribution in [2.45, 2.75) is 6.92 Å². The zero-order valence-electron chi connectivity index (χ0n) is 10.8. The van der Waals surface area contributed by atoms with Crippen molar-refractivity contribution in [3.05, 3.63) is 47.7 Å². The van der Waals surface area contributed by atoms with Crippen molar-refractivity contribution in [3.63, 3.8) is 0 Å². The summed E-state index contributed by atoms with van der Waals surface area (Å²) in [7, 11) is 1.48. The number of para-hydroxylation sites is 1. The summed E-state index contributed by atoms with van der Waals surface area (Å²) in [6.45, 7) is 1.87. The van der Waals surface area contributed by atoms with Crippen LogP contribution in [-0.4, -0.2) is 18.0 Å². The number of carbonyl (C=O) groups excluding carboxylic acids is 1. The van der Waals surface area contributed by atoms with Crippen LogP contribution in [0.4, 0.5) is 11.5 Å². The Morgan fingerprint density at radius 3 is 2.79 bits per heavy atom. The average Bonchev–Trinajstić information content (AvgIpc) is 2.41. The lowest BCUT2D eigenvalue weighted by Crippen LogP contribution is -2.15. The summed E-state index contributed by atoms with van der Waals surface area (Å²) in [6, 6.07) is 8.73. The fourth-order valence-electron chi connectivity index (χ4n) is 1.75. The molecule has 2 aromatic rings. The van der Waals surface area contributed by atoms with E-state index < -0.39 is 0 Å². The first-order valence-electron chi connectivity index (χ1n) is 5.79. The van der Waals surface area contributed by atoms with E-state index in [1.807, 2.05) is 19.1 Å². The van der Waals surface area contributed by atoms with Crippen LogP contribution in [0.5, 0.6) is 5.75 Å². The summed E-state index contributed by atoms with van der Waals surface area (Å²) in [5, 5.41) is 2.74. The molecule has 0 unspecified atom stereocenters. The molecule has 19 heavy (non-hydrogen) atoms. The van der Waals surface area contributed by atoms with E-state index in [0.29, 0.717) is 22.8 Å². The summed E-state index contributed by atoms with van der Waals surface area (Å²) < 4.78 is 5.16. The molecule has 1 amide bonds. The Morgan fingerprint density at radius 1 is 1.32 bits per heavy atom. The maximum atomic E-state index is 12.2. The number of ether oxygens (including phenoxy) is 1. The minimum absolute atomic E-state index is 0.300. The number of amides is 1. The normalized spacial score (nSPS) is 10.0. The van der Waals surface area contributed by atoms with E-state index in [2.05, 4.69) is 10.3 Å². The predicted octanol–water partition coefficient (Wildman–Crippen LogP) is 2.23. The molecule has 0 aliphatic rings. The molecule has 0 saturated carbocycles. The number of nitrogen functional groups attached to an aromatic ring is 1. The Kier molecular flexibility index (Phi) is 3.66. The zero-order chi connectivity index (χ0) is 13.8. The maximum absolute atomic E-state index is 12.2. The molecule has 1 heterocycles. The first-order chi connectivity index (χ1) is 9.13. The molecule has 3 N–H and O–H groups in total. The highest BCUT2D eigenvalue weighted by molar-refractivity contribution is 6.07. The molecule has 0 atom stereocenters. The Balaban J connectivity index is 2.31. The van der Waals surface area contributed by atoms with Gasteiger partial charge in [0.15, 0.2) is 5.75 Å². The van der Waals surface area contributed by atoms with Gasteiger partial charge in [0.1, 0.15) is 5.82 Å². The average molecular weight is 257 g/mol. The smallest absolute Gasteiger partial charge is 0.260 e. The minimum Gasteiger partial charge on any atom is -0.494 e. The number of nitrogens with two attached hydrogens (primary N) is 1. The number of benzene rings is 1. The van der Waals surface area contributed by atoms with Crippen LogP contribution in [0.1, 0.15) is 15.9 Å². The first kappa shape index (κ1) is 12.9. The van der Waals surface area contributed by atoms with Crippen molar-refractivity contribution in [1.82, 2.24) is 4.98 Å². The summed E-state index contributed by atoms with van der Waals surface area (Å²) in [4.78, 5) is 16.3. The Labute approximate surface area is 111 Å². The summed E-state index contributed by atoms with van der Waals surface area (Å²) in [6.07, 6.45) is 1.62. The number of pyridine rings is 1. The van der Waals surface area contributed by atoms with E-state index in [1.54, 1.807) is 24.4 Å². The van der Waals surface area contributed by atoms with Crippen LogP contribution in [0, 0.1) is 6.92 Å². The van der Waals surface area contributed by atoms with Crippen molar-refractivity contribution in [1.29, 1.82) is 0 Å². The van der Waals surface area contributed by atoms with Gasteiger partial charge in [-0.15, -0.1) is 0 Å². The van der Waals surface area contributed by atoms with Gasteiger partial charge in [-0.2, -0.15) is 0 Å². The largest absolute Gasteiger partial charge is 0.494 e. The third-order valence-corrected chi connectivity index (χ3v) is 2.74. The lowest BCUT2D eigenvalue weighted by atomic mass is 10.1. The molecule has 0 aliphatic heterocycles. The molecule has 1 aromatic heterocycles. The highest BCUT2D eigenvalue weighted by atomic mass is 16.5. The highest BCUT2D eigenvalue weighted by Gasteiger charge is 2.15. The van der Waals surface area contributed by atoms with Crippen LogP contribution < -0.4 is 15.8 Å². The molecule has 0 fully saturated rings. The monoisotopic (exact) mass is 257 g/mol. The van der Waals surface area contributed by atoms with Crippen molar-refractivity contribution < 1.29 is 9.53 Å². The molecular formula is C14H15N3O2. The van der Waals surface area contributed by atoms with Gasteiger partial charge in [-0.3, -0.25) is 4.79 Å². The van der Waals surface area contributed by atoms with Gasteiger partial charge in [-0.25, -0.2) is 4.98 Å². The number of nitrogens with one attached hydrogen (secondary N) is 1. The number of nitrogens with zero attached hydrogens (tertiary/aromatic N) is 1. The standard InChI is InChI=1S/C14H15N3O2/c1-9-5-4-8-16-13(9)17-14(18)10-6-3-7-11(15)12(10)19-2/h3-8H,15H2,1-2H3,(H,16,17,18). The van der Waals surface area contributed by atoms with Crippen molar-refractivity contribution in [2.75, 3.05) is 18.2 Å². The second-order valence-electron chi connectivity index (χ2n) is 4.05. The molecule has 0 aliphatic carbocycles. The number of aromatic nitrogens is 1. The molecule has 0 radical (unpaired) electrons. The number of hydrogen-bond acceptors (Lipinski definition) is 4. The van der Waals surface area contributed by atoms with E-state index in [0.717, 1.165) is 5.56 Å². The van der Waals surface area contributed by atoms with Crippen molar-refractivity contribution in [2.24, 2.45) is 0 Å². The van der Waals surface area contributed by atoms with E-state index in [4.69, 9.17) is 10.5 Å². The number of hydrogen-bond donors (Lipinski definition) is 2. The van der Waals surface area contributed by atoms with Gasteiger partial charge in [0.25, 0.3) is 5.91 Å². The van der Waals surface area contributed by atoms with Crippen molar-refractivity contribution in [3.8, 4) is 5.75 Å². The Morgan fingerprint density at radius 2 is 2.11 bits per heavy atom. The van der Waals surface area contributed by atoms with Crippen LogP contribution in [0.2, 0.25) is 0 Å². The second kappa shape index (κ2) is 5.39. The summed E-state index contributed by atoms with van der Waals surface area (Å²) >= 11 is 0. The number of methoxy groups -OCH3 is 1. The summed E-state index contributed by atoms with van der Waals surface area (Å²) in [5.74, 6) is 0.594. The van der Waals surface area contributed by atoms with Crippen LogP contribution in [0.3, 0.4) is 0 Å². The third kappa shape index (κ3) is 2.65. The molecule has 98 valence electrons. The number of anilines is 2. The SMILES string of the molecule is COc1c(N)cccc1C(=O)Nc1ncccc1C. The lowest BCUT2D eigenvalue weighted by Gasteiger charge is -2.11. The highest BCUT2D eigenvalue weighted by Crippen LogP contribution is 2.26. The number of carbonyl (C=O) groups is 1. The predicted molar refractivity (Wildman–Crippen MR) is 74.3 cm³/mol. The van der Waals surface area contributed by atoms with E-state index in [1.165, 1.54) is 7.11 Å². The number of aryl methyl sites for hydroxylation is 1. The third-order valence-electron chi connectivity index (χ3n) is 2.74. The van der Waals surface area contributed by atoms with Gasteiger partial charge in [0.2, 0.25) is 0 Å². The summed E-state index contributed by atoms with van der Waals surface area (Å²) in [5.41, 5.74) is 7.47. The molecule has 2 rings (SSSR count). The second-order valence-corrected chi connectivity index (χ2v) is 4.05. The molecular weight excluding hydrogens is 242 g/mol. The fraction of sp³-hybridized carbons (Fsp3) is 0.143. The zero-order valence-corrected chi connectivity index (χ0v) is 10.8. The molecule has 0 spiro atoms. The van der Waals surface area contributed by atoms with Gasteiger partial charge in [-0.05, 0) is 30.7 Å². The topological polar surface area (TPSA) is 77.2 Å². The molecule has 0 saturated heterocycles. The molecule has 5 nitrogen and oxygen atoms in total. The van der Waals surface area contributed by atoms with Crippen molar-refractivity contribution >= 4 is 17.4 Å². The fourth-order valence-corrected chi connectivity index (χ4v) is 1.75. The quantitative estimate of drug-likeness (QED) is 0.827. The van der Waals surface area contributed by atoms with Crippen LogP contribution in [-0.2, 0) is 0 Å². The van der Waals surface area contributed by atoms with E-state index >= 15 is 0 Å². The number of rotatable bonds is 3. The van der Waals surface area contributed by atoms with Gasteiger partial charge >= 0.3 is 0 Å². The van der Waals surface area contributed by atoms with E-state index in [9.17, 15) is 4.79 Å². The lowest BCUT2D eigenvalue weighted by molar-refractivity contribution is 0.102. The van der Waals surface area contributed by atoms with Gasteiger partial charge in [-0.1, -0.05) is 12.1 Å². The molecule has 0 bridgehead atoms. The maximum Gasteiger partial charge on any atom is 0.260 e. The minimum atomic E-state index is -0.300. The van der Waals surface area contributed by atoms with Gasteiger partial charge in [0.05, 0.1) is 18.4 Å². The van der Waals surface area contributed by atoms with Gasteiger partial charge in [0, 0.05) is 6.20 Å². The van der Waals surface area contributed by atoms with Gasteiger partial charge < -0.3 is 15.8 Å². The Bertz CT molecular complexity index is 611. The van der Waals surface area contributed by atoms with Crippen LogP contribution in [0.15, 0.2) is 36.5 Å². The molecule has 5 heteroatoms. The molecule has 1 aromatic carbocycles. The van der Waals surface area contributed by atoms with E-state index in [-0.39, 0.29) is 5.91 Å². The van der Waals surface area contributed by atoms with Crippen LogP contribution >= 0.6 is 0 Å². The Hall–Kier alpha value is -2.56.